The molecule has 0 fully saturated rings. The number of aryl methyl sites for hydroxylation is 2. The maximum Gasteiger partial charge on any atom is 0.338 e. The molecule has 0 aromatic heterocycles. The first-order valence-corrected chi connectivity index (χ1v) is 11.8. The van der Waals surface area contributed by atoms with Gasteiger partial charge >= 0.3 is 11.9 Å². The van der Waals surface area contributed by atoms with Gasteiger partial charge in [-0.15, -0.1) is 0 Å². The van der Waals surface area contributed by atoms with Crippen molar-refractivity contribution in [2.75, 3.05) is 23.8 Å². The lowest BCUT2D eigenvalue weighted by Crippen LogP contribution is -2.22. The average molecular weight is 533 g/mol. The summed E-state index contributed by atoms with van der Waals surface area (Å²) in [6, 6.07) is 10.1. The molecule has 0 radical (unpaired) electrons. The lowest BCUT2D eigenvalue weighted by molar-refractivity contribution is -0.147. The first kappa shape index (κ1) is 27.0. The molecule has 0 spiro atoms. The zero-order valence-corrected chi connectivity index (χ0v) is 21.1. The summed E-state index contributed by atoms with van der Waals surface area (Å²) in [6.45, 7) is 5.65. The van der Waals surface area contributed by atoms with E-state index < -0.39 is 30.4 Å². The van der Waals surface area contributed by atoms with Crippen molar-refractivity contribution in [3.05, 3.63) is 57.6 Å². The minimum atomic E-state index is -0.665. The molecule has 34 heavy (non-hydrogen) atoms. The van der Waals surface area contributed by atoms with E-state index in [1.807, 2.05) is 32.9 Å². The second-order valence-corrected chi connectivity index (χ2v) is 8.60. The van der Waals surface area contributed by atoms with E-state index in [-0.39, 0.29) is 12.8 Å². The standard InChI is InChI=1S/C25H29BrN2O6/c1-4-5-11-33-25(32)18-7-6-8-19(14-18)27-22(29)9-10-24(31)34-15-23(30)28-21-13-16(2)20(26)12-17(21)3/h6-8,12-14H,4-5,9-11,15H2,1-3H3,(H,27,29)(H,28,30). The van der Waals surface area contributed by atoms with Gasteiger partial charge in [-0.05, 0) is 61.7 Å². The Morgan fingerprint density at radius 2 is 1.68 bits per heavy atom. The van der Waals surface area contributed by atoms with E-state index in [4.69, 9.17) is 9.47 Å². The van der Waals surface area contributed by atoms with Crippen molar-refractivity contribution >= 4 is 51.1 Å². The van der Waals surface area contributed by atoms with Gasteiger partial charge in [-0.1, -0.05) is 35.3 Å². The van der Waals surface area contributed by atoms with Gasteiger partial charge in [0.15, 0.2) is 6.61 Å². The molecule has 2 amide bonds. The van der Waals surface area contributed by atoms with E-state index in [0.717, 1.165) is 28.4 Å². The SMILES string of the molecule is CCCCOC(=O)c1cccc(NC(=O)CCC(=O)OCC(=O)Nc2cc(C)c(Br)cc2C)c1. The predicted molar refractivity (Wildman–Crippen MR) is 133 cm³/mol. The average Bonchev–Trinajstić information content (AvgIpc) is 2.80. The molecule has 0 bridgehead atoms. The van der Waals surface area contributed by atoms with Crippen LogP contribution in [0.2, 0.25) is 0 Å². The second-order valence-electron chi connectivity index (χ2n) is 7.74. The summed E-state index contributed by atoms with van der Waals surface area (Å²) in [4.78, 5) is 48.2. The molecular weight excluding hydrogens is 504 g/mol. The van der Waals surface area contributed by atoms with Crippen molar-refractivity contribution in [1.82, 2.24) is 0 Å². The molecule has 0 saturated heterocycles. The number of esters is 2. The maximum absolute atomic E-state index is 12.2. The number of hydrogen-bond donors (Lipinski definition) is 2. The predicted octanol–water partition coefficient (Wildman–Crippen LogP) is 4.92. The fourth-order valence-corrected chi connectivity index (χ4v) is 3.33. The van der Waals surface area contributed by atoms with Crippen LogP contribution in [-0.4, -0.2) is 37.0 Å². The highest BCUT2D eigenvalue weighted by Crippen LogP contribution is 2.24. The fraction of sp³-hybridized carbons (Fsp3) is 0.360. The Morgan fingerprint density at radius 3 is 2.41 bits per heavy atom. The van der Waals surface area contributed by atoms with Crippen LogP contribution in [0.3, 0.4) is 0 Å². The molecule has 2 N–H and O–H groups in total. The van der Waals surface area contributed by atoms with Crippen LogP contribution in [0.25, 0.3) is 0 Å². The van der Waals surface area contributed by atoms with E-state index in [2.05, 4.69) is 26.6 Å². The highest BCUT2D eigenvalue weighted by Gasteiger charge is 2.13. The van der Waals surface area contributed by atoms with Crippen molar-refractivity contribution in [2.45, 2.75) is 46.5 Å². The van der Waals surface area contributed by atoms with E-state index in [1.165, 1.54) is 6.07 Å². The van der Waals surface area contributed by atoms with Gasteiger partial charge in [0.2, 0.25) is 5.91 Å². The molecule has 0 atom stereocenters. The lowest BCUT2D eigenvalue weighted by atomic mass is 10.1. The van der Waals surface area contributed by atoms with Gasteiger partial charge in [0.1, 0.15) is 0 Å². The molecule has 0 unspecified atom stereocenters. The number of rotatable bonds is 11. The molecule has 0 saturated carbocycles. The van der Waals surface area contributed by atoms with Crippen LogP contribution < -0.4 is 10.6 Å². The Hall–Kier alpha value is -3.20. The van der Waals surface area contributed by atoms with Crippen LogP contribution in [0.15, 0.2) is 40.9 Å². The Kier molecular flexibility index (Phi) is 10.7. The van der Waals surface area contributed by atoms with Gasteiger partial charge in [0, 0.05) is 22.3 Å². The van der Waals surface area contributed by atoms with Crippen LogP contribution in [0, 0.1) is 13.8 Å². The summed E-state index contributed by atoms with van der Waals surface area (Å²) in [7, 11) is 0. The summed E-state index contributed by atoms with van der Waals surface area (Å²) >= 11 is 3.43. The molecule has 0 heterocycles. The van der Waals surface area contributed by atoms with Gasteiger partial charge in [0.05, 0.1) is 18.6 Å². The highest BCUT2D eigenvalue weighted by molar-refractivity contribution is 9.10. The largest absolute Gasteiger partial charge is 0.462 e. The van der Waals surface area contributed by atoms with E-state index in [0.29, 0.717) is 23.5 Å². The smallest absolute Gasteiger partial charge is 0.338 e. The molecule has 182 valence electrons. The molecule has 2 aromatic carbocycles. The number of ether oxygens (including phenoxy) is 2. The summed E-state index contributed by atoms with van der Waals surface area (Å²) in [6.07, 6.45) is 1.38. The first-order chi connectivity index (χ1) is 16.2. The van der Waals surface area contributed by atoms with Crippen LogP contribution in [0.4, 0.5) is 11.4 Å². The quantitative estimate of drug-likeness (QED) is 0.313. The third-order valence-corrected chi connectivity index (χ3v) is 5.67. The molecule has 9 heteroatoms. The first-order valence-electron chi connectivity index (χ1n) is 11.0. The maximum atomic E-state index is 12.2. The van der Waals surface area contributed by atoms with Gasteiger partial charge in [-0.2, -0.15) is 0 Å². The Morgan fingerprint density at radius 1 is 0.912 bits per heavy atom. The lowest BCUT2D eigenvalue weighted by Gasteiger charge is -2.11. The number of carbonyl (C=O) groups is 4. The molecule has 8 nitrogen and oxygen atoms in total. The van der Waals surface area contributed by atoms with Crippen LogP contribution >= 0.6 is 15.9 Å². The molecule has 2 rings (SSSR count). The third kappa shape index (κ3) is 8.97. The zero-order chi connectivity index (χ0) is 25.1. The van der Waals surface area contributed by atoms with Gasteiger partial charge in [-0.25, -0.2) is 4.79 Å². The number of unbranched alkanes of at least 4 members (excludes halogenated alkanes) is 1. The van der Waals surface area contributed by atoms with Gasteiger partial charge < -0.3 is 20.1 Å². The van der Waals surface area contributed by atoms with Crippen LogP contribution in [0.5, 0.6) is 0 Å². The van der Waals surface area contributed by atoms with E-state index >= 15 is 0 Å². The van der Waals surface area contributed by atoms with Crippen molar-refractivity contribution in [1.29, 1.82) is 0 Å². The Labute approximate surface area is 207 Å². The highest BCUT2D eigenvalue weighted by atomic mass is 79.9. The normalized spacial score (nSPS) is 10.4. The Bertz CT molecular complexity index is 1050. The number of carbonyl (C=O) groups excluding carboxylic acids is 4. The van der Waals surface area contributed by atoms with E-state index in [1.54, 1.807) is 18.2 Å². The molecule has 0 aliphatic heterocycles. The molecule has 2 aromatic rings. The van der Waals surface area contributed by atoms with Crippen molar-refractivity contribution < 1.29 is 28.7 Å². The van der Waals surface area contributed by atoms with Gasteiger partial charge in [0.25, 0.3) is 5.91 Å². The van der Waals surface area contributed by atoms with Gasteiger partial charge in [-0.3, -0.25) is 14.4 Å². The topological polar surface area (TPSA) is 111 Å². The third-order valence-electron chi connectivity index (χ3n) is 4.81. The van der Waals surface area contributed by atoms with Crippen LogP contribution in [-0.2, 0) is 23.9 Å². The summed E-state index contributed by atoms with van der Waals surface area (Å²) in [5, 5.41) is 5.34. The van der Waals surface area contributed by atoms with Crippen molar-refractivity contribution in [2.24, 2.45) is 0 Å². The fourth-order valence-electron chi connectivity index (χ4n) is 2.88. The van der Waals surface area contributed by atoms with Crippen molar-refractivity contribution in [3.8, 4) is 0 Å². The number of anilines is 2. The monoisotopic (exact) mass is 532 g/mol. The number of benzene rings is 2. The minimum Gasteiger partial charge on any atom is -0.462 e. The summed E-state index contributed by atoms with van der Waals surface area (Å²) in [5.41, 5.74) is 3.21. The minimum absolute atomic E-state index is 0.128. The van der Waals surface area contributed by atoms with Crippen LogP contribution in [0.1, 0.15) is 54.1 Å². The molecule has 0 aliphatic carbocycles. The molecular formula is C25H29BrN2O6. The second kappa shape index (κ2) is 13.5. The zero-order valence-electron chi connectivity index (χ0n) is 19.5. The number of nitrogens with one attached hydrogen (secondary N) is 2. The number of hydrogen-bond acceptors (Lipinski definition) is 6. The summed E-state index contributed by atoms with van der Waals surface area (Å²) < 4.78 is 11.1. The summed E-state index contributed by atoms with van der Waals surface area (Å²) in [5.74, 6) is -2.01. The Balaban J connectivity index is 1.75. The van der Waals surface area contributed by atoms with Crippen molar-refractivity contribution in [3.63, 3.8) is 0 Å². The van der Waals surface area contributed by atoms with E-state index in [9.17, 15) is 19.2 Å². The molecule has 0 aliphatic rings. The number of halogens is 1. The number of amides is 2.